The zero-order valence-electron chi connectivity index (χ0n) is 13.1. The van der Waals surface area contributed by atoms with E-state index in [1.807, 2.05) is 37.7 Å². The maximum absolute atomic E-state index is 6.11. The van der Waals surface area contributed by atoms with Crippen molar-refractivity contribution < 1.29 is 4.74 Å². The molecule has 0 spiro atoms. The molecule has 2 rings (SSSR count). The molecule has 21 heavy (non-hydrogen) atoms. The van der Waals surface area contributed by atoms with Crippen molar-refractivity contribution in [2.24, 2.45) is 0 Å². The van der Waals surface area contributed by atoms with E-state index in [0.717, 1.165) is 34.1 Å². The quantitative estimate of drug-likeness (QED) is 0.679. The standard InChI is InChI=1S/C16H23ClN2OS/c1-5-21-10-12(4)19-13-7-6-8-14(20-11(2)3)16(13)18-15(19)9-17/h6-8,11-12H,5,9-10H2,1-4H3. The van der Waals surface area contributed by atoms with Gasteiger partial charge in [0.1, 0.15) is 17.1 Å². The second-order valence-corrected chi connectivity index (χ2v) is 6.92. The van der Waals surface area contributed by atoms with Crippen molar-refractivity contribution in [3.05, 3.63) is 24.0 Å². The number of alkyl halides is 1. The summed E-state index contributed by atoms with van der Waals surface area (Å²) in [6, 6.07) is 6.46. The first-order valence-electron chi connectivity index (χ1n) is 7.38. The molecular weight excluding hydrogens is 304 g/mol. The molecule has 0 radical (unpaired) electrons. The Kier molecular flexibility index (Phi) is 5.82. The predicted octanol–water partition coefficient (Wildman–Crippen LogP) is 4.88. The van der Waals surface area contributed by atoms with Gasteiger partial charge in [-0.2, -0.15) is 11.8 Å². The lowest BCUT2D eigenvalue weighted by Gasteiger charge is -2.16. The molecule has 0 bridgehead atoms. The van der Waals surface area contributed by atoms with Crippen LogP contribution in [0.2, 0.25) is 0 Å². The molecule has 0 aliphatic heterocycles. The molecule has 1 unspecified atom stereocenters. The average molecular weight is 327 g/mol. The molecule has 0 saturated heterocycles. The number of hydrogen-bond donors (Lipinski definition) is 0. The number of ether oxygens (including phenoxy) is 1. The molecule has 5 heteroatoms. The Morgan fingerprint density at radius 3 is 2.71 bits per heavy atom. The van der Waals surface area contributed by atoms with Crippen LogP contribution in [0.3, 0.4) is 0 Å². The normalized spacial score (nSPS) is 13.0. The summed E-state index contributed by atoms with van der Waals surface area (Å²) in [7, 11) is 0. The summed E-state index contributed by atoms with van der Waals surface area (Å²) in [6.45, 7) is 8.45. The van der Waals surface area contributed by atoms with Crippen LogP contribution in [0.5, 0.6) is 5.75 Å². The van der Waals surface area contributed by atoms with E-state index in [9.17, 15) is 0 Å². The maximum Gasteiger partial charge on any atom is 0.147 e. The fourth-order valence-electron chi connectivity index (χ4n) is 2.44. The minimum absolute atomic E-state index is 0.133. The third kappa shape index (κ3) is 3.67. The number of aromatic nitrogens is 2. The number of rotatable bonds is 7. The van der Waals surface area contributed by atoms with Gasteiger partial charge in [-0.1, -0.05) is 13.0 Å². The van der Waals surface area contributed by atoms with Crippen molar-refractivity contribution in [1.82, 2.24) is 9.55 Å². The van der Waals surface area contributed by atoms with Crippen LogP contribution in [0.1, 0.15) is 39.6 Å². The number of hydrogen-bond acceptors (Lipinski definition) is 3. The Labute approximate surface area is 136 Å². The second kappa shape index (κ2) is 7.41. The minimum Gasteiger partial charge on any atom is -0.489 e. The van der Waals surface area contributed by atoms with Crippen LogP contribution in [0.4, 0.5) is 0 Å². The Bertz CT molecular complexity index is 597. The molecule has 1 atom stereocenters. The summed E-state index contributed by atoms with van der Waals surface area (Å²) in [5.41, 5.74) is 2.02. The topological polar surface area (TPSA) is 27.1 Å². The number of thioether (sulfide) groups is 1. The fourth-order valence-corrected chi connectivity index (χ4v) is 3.35. The lowest BCUT2D eigenvalue weighted by atomic mass is 10.2. The third-order valence-corrected chi connectivity index (χ3v) is 4.61. The molecule has 0 saturated carbocycles. The summed E-state index contributed by atoms with van der Waals surface area (Å²) in [5, 5.41) is 0. The second-order valence-electron chi connectivity index (χ2n) is 5.33. The van der Waals surface area contributed by atoms with Gasteiger partial charge in [-0.3, -0.25) is 0 Å². The van der Waals surface area contributed by atoms with Crippen LogP contribution < -0.4 is 4.74 Å². The smallest absolute Gasteiger partial charge is 0.147 e. The SMILES string of the molecule is CCSCC(C)n1c(CCl)nc2c(OC(C)C)cccc21. The van der Waals surface area contributed by atoms with Crippen LogP contribution in [0.25, 0.3) is 11.0 Å². The van der Waals surface area contributed by atoms with Gasteiger partial charge in [-0.05, 0) is 38.7 Å². The largest absolute Gasteiger partial charge is 0.489 e. The van der Waals surface area contributed by atoms with Crippen molar-refractivity contribution in [2.45, 2.75) is 45.7 Å². The van der Waals surface area contributed by atoms with E-state index < -0.39 is 0 Å². The predicted molar refractivity (Wildman–Crippen MR) is 92.8 cm³/mol. The summed E-state index contributed by atoms with van der Waals surface area (Å²) in [6.07, 6.45) is 0.133. The van der Waals surface area contributed by atoms with Crippen molar-refractivity contribution in [3.63, 3.8) is 0 Å². The fraction of sp³-hybridized carbons (Fsp3) is 0.562. The van der Waals surface area contributed by atoms with E-state index in [-0.39, 0.29) is 6.10 Å². The highest BCUT2D eigenvalue weighted by Crippen LogP contribution is 2.30. The highest BCUT2D eigenvalue weighted by molar-refractivity contribution is 7.99. The third-order valence-electron chi connectivity index (χ3n) is 3.24. The summed E-state index contributed by atoms with van der Waals surface area (Å²) < 4.78 is 8.13. The molecule has 2 aromatic rings. The molecule has 3 nitrogen and oxygen atoms in total. The van der Waals surface area contributed by atoms with E-state index in [2.05, 4.69) is 24.5 Å². The van der Waals surface area contributed by atoms with Crippen molar-refractivity contribution in [1.29, 1.82) is 0 Å². The molecule has 0 aliphatic carbocycles. The monoisotopic (exact) mass is 326 g/mol. The molecule has 0 N–H and O–H groups in total. The van der Waals surface area contributed by atoms with Gasteiger partial charge in [0, 0.05) is 11.8 Å². The van der Waals surface area contributed by atoms with E-state index >= 15 is 0 Å². The highest BCUT2D eigenvalue weighted by Gasteiger charge is 2.18. The summed E-state index contributed by atoms with van der Waals surface area (Å²) in [5.74, 6) is 4.34. The maximum atomic E-state index is 6.11. The molecule has 0 amide bonds. The van der Waals surface area contributed by atoms with E-state index in [0.29, 0.717) is 11.9 Å². The molecule has 1 aromatic heterocycles. The Balaban J connectivity index is 2.48. The van der Waals surface area contributed by atoms with Gasteiger partial charge < -0.3 is 9.30 Å². The van der Waals surface area contributed by atoms with E-state index in [1.165, 1.54) is 0 Å². The van der Waals surface area contributed by atoms with Gasteiger partial charge in [0.2, 0.25) is 0 Å². The Morgan fingerprint density at radius 1 is 1.33 bits per heavy atom. The number of para-hydroxylation sites is 1. The van der Waals surface area contributed by atoms with Gasteiger partial charge in [0.05, 0.1) is 17.5 Å². The van der Waals surface area contributed by atoms with E-state index in [4.69, 9.17) is 21.3 Å². The Hall–Kier alpha value is -0.870. The molecule has 0 fully saturated rings. The summed E-state index contributed by atoms with van der Waals surface area (Å²) >= 11 is 8.04. The van der Waals surface area contributed by atoms with E-state index in [1.54, 1.807) is 0 Å². The van der Waals surface area contributed by atoms with Gasteiger partial charge in [0.15, 0.2) is 0 Å². The number of benzene rings is 1. The minimum atomic E-state index is 0.133. The van der Waals surface area contributed by atoms with Crippen LogP contribution >= 0.6 is 23.4 Å². The van der Waals surface area contributed by atoms with Gasteiger partial charge in [0.25, 0.3) is 0 Å². The zero-order chi connectivity index (χ0) is 15.4. The number of halogens is 1. The molecule has 0 aliphatic rings. The van der Waals surface area contributed by atoms with Crippen molar-refractivity contribution in [2.75, 3.05) is 11.5 Å². The highest BCUT2D eigenvalue weighted by atomic mass is 35.5. The molecular formula is C16H23ClN2OS. The van der Waals surface area contributed by atoms with Crippen LogP contribution in [-0.4, -0.2) is 27.2 Å². The van der Waals surface area contributed by atoms with Gasteiger partial charge >= 0.3 is 0 Å². The number of fused-ring (bicyclic) bond motifs is 1. The zero-order valence-corrected chi connectivity index (χ0v) is 14.7. The first kappa shape index (κ1) is 16.5. The van der Waals surface area contributed by atoms with Crippen LogP contribution in [0, 0.1) is 0 Å². The van der Waals surface area contributed by atoms with Crippen molar-refractivity contribution in [3.8, 4) is 5.75 Å². The Morgan fingerprint density at radius 2 is 2.10 bits per heavy atom. The number of imidazole rings is 1. The lowest BCUT2D eigenvalue weighted by Crippen LogP contribution is -2.11. The first-order valence-corrected chi connectivity index (χ1v) is 9.07. The van der Waals surface area contributed by atoms with Gasteiger partial charge in [-0.25, -0.2) is 4.98 Å². The van der Waals surface area contributed by atoms with Crippen molar-refractivity contribution >= 4 is 34.4 Å². The summed E-state index contributed by atoms with van der Waals surface area (Å²) in [4.78, 5) is 4.71. The molecule has 1 aromatic carbocycles. The average Bonchev–Trinajstić information content (AvgIpc) is 2.84. The van der Waals surface area contributed by atoms with Gasteiger partial charge in [-0.15, -0.1) is 11.6 Å². The van der Waals surface area contributed by atoms with Crippen LogP contribution in [0.15, 0.2) is 18.2 Å². The molecule has 1 heterocycles. The number of nitrogens with zero attached hydrogens (tertiary/aromatic N) is 2. The molecule has 116 valence electrons. The lowest BCUT2D eigenvalue weighted by molar-refractivity contribution is 0.245. The first-order chi connectivity index (χ1) is 10.1. The van der Waals surface area contributed by atoms with Crippen LogP contribution in [-0.2, 0) is 5.88 Å².